The molecule has 17 heavy (non-hydrogen) atoms. The average Bonchev–Trinajstić information content (AvgIpc) is 2.63. The van der Waals surface area contributed by atoms with E-state index in [1.165, 1.54) is 12.2 Å². The van der Waals surface area contributed by atoms with E-state index in [4.69, 9.17) is 0 Å². The van der Waals surface area contributed by atoms with E-state index in [0.717, 1.165) is 19.5 Å². The summed E-state index contributed by atoms with van der Waals surface area (Å²) in [7, 11) is 0. The first kappa shape index (κ1) is 14.2. The third-order valence-electron chi connectivity index (χ3n) is 3.13. The van der Waals surface area contributed by atoms with Crippen molar-refractivity contribution in [2.24, 2.45) is 5.41 Å². The normalized spacial score (nSPS) is 12.4. The van der Waals surface area contributed by atoms with Gasteiger partial charge in [0.15, 0.2) is 0 Å². The number of hydrogen-bond donors (Lipinski definition) is 1. The Morgan fingerprint density at radius 1 is 1.41 bits per heavy atom. The molecule has 0 bridgehead atoms. The van der Waals surface area contributed by atoms with E-state index in [0.29, 0.717) is 11.5 Å². The summed E-state index contributed by atoms with van der Waals surface area (Å²) in [5, 5.41) is 3.48. The molecular weight excluding hydrogens is 210 g/mol. The van der Waals surface area contributed by atoms with Crippen molar-refractivity contribution >= 4 is 0 Å². The van der Waals surface area contributed by atoms with Crippen molar-refractivity contribution in [3.63, 3.8) is 0 Å². The Kier molecular flexibility index (Phi) is 5.19. The first-order chi connectivity index (χ1) is 7.94. The lowest BCUT2D eigenvalue weighted by Gasteiger charge is -2.25. The van der Waals surface area contributed by atoms with Gasteiger partial charge in [-0.3, -0.25) is 0 Å². The van der Waals surface area contributed by atoms with Crippen LogP contribution in [0.4, 0.5) is 0 Å². The van der Waals surface area contributed by atoms with Gasteiger partial charge in [0.25, 0.3) is 0 Å². The average molecular weight is 237 g/mol. The topological polar surface area (TPSA) is 29.9 Å². The maximum absolute atomic E-state index is 4.46. The zero-order chi connectivity index (χ0) is 12.9. The van der Waals surface area contributed by atoms with Crippen LogP contribution in [0.25, 0.3) is 0 Å². The lowest BCUT2D eigenvalue weighted by atomic mass is 9.85. The number of imidazole rings is 1. The van der Waals surface area contributed by atoms with Crippen LogP contribution in [0.3, 0.4) is 0 Å². The molecule has 0 fully saturated rings. The fraction of sp³-hybridized carbons (Fsp3) is 0.786. The predicted molar refractivity (Wildman–Crippen MR) is 73.1 cm³/mol. The number of rotatable bonds is 7. The van der Waals surface area contributed by atoms with E-state index < -0.39 is 0 Å². The lowest BCUT2D eigenvalue weighted by Crippen LogP contribution is -2.29. The highest BCUT2D eigenvalue weighted by Gasteiger charge is 2.20. The molecule has 0 amide bonds. The highest BCUT2D eigenvalue weighted by Crippen LogP contribution is 2.24. The third-order valence-corrected chi connectivity index (χ3v) is 3.13. The monoisotopic (exact) mass is 237 g/mol. The smallest absolute Gasteiger partial charge is 0.109 e. The van der Waals surface area contributed by atoms with Gasteiger partial charge in [0.05, 0.1) is 0 Å². The van der Waals surface area contributed by atoms with Crippen LogP contribution in [-0.4, -0.2) is 22.1 Å². The molecule has 3 nitrogen and oxygen atoms in total. The van der Waals surface area contributed by atoms with Crippen LogP contribution in [0.15, 0.2) is 12.4 Å². The number of aryl methyl sites for hydroxylation is 1. The van der Waals surface area contributed by atoms with Crippen LogP contribution in [0.1, 0.15) is 46.9 Å². The van der Waals surface area contributed by atoms with Crippen molar-refractivity contribution in [2.75, 3.05) is 6.54 Å². The highest BCUT2D eigenvalue weighted by molar-refractivity contribution is 4.96. The summed E-state index contributed by atoms with van der Waals surface area (Å²) in [5.74, 6) is 1.21. The molecule has 0 aliphatic heterocycles. The van der Waals surface area contributed by atoms with Crippen LogP contribution in [0.5, 0.6) is 0 Å². The van der Waals surface area contributed by atoms with Crippen LogP contribution in [-0.2, 0) is 13.0 Å². The first-order valence-corrected chi connectivity index (χ1v) is 6.68. The Hall–Kier alpha value is -0.830. The number of nitrogens with one attached hydrogen (secondary N) is 1. The van der Waals surface area contributed by atoms with E-state index >= 15 is 0 Å². The Balaban J connectivity index is 2.48. The van der Waals surface area contributed by atoms with Gasteiger partial charge < -0.3 is 9.88 Å². The van der Waals surface area contributed by atoms with E-state index in [1.807, 2.05) is 6.20 Å². The van der Waals surface area contributed by atoms with Crippen LogP contribution >= 0.6 is 0 Å². The molecule has 1 rings (SSSR count). The number of hydrogen-bond acceptors (Lipinski definition) is 2. The molecule has 0 saturated heterocycles. The maximum atomic E-state index is 4.46. The molecule has 1 aromatic rings. The Morgan fingerprint density at radius 3 is 2.71 bits per heavy atom. The van der Waals surface area contributed by atoms with Gasteiger partial charge in [0.1, 0.15) is 5.82 Å². The van der Waals surface area contributed by atoms with E-state index in [-0.39, 0.29) is 0 Å². The summed E-state index contributed by atoms with van der Waals surface area (Å²) >= 11 is 0. The van der Waals surface area contributed by atoms with Crippen molar-refractivity contribution in [2.45, 2.75) is 60.0 Å². The van der Waals surface area contributed by atoms with E-state index in [2.05, 4.69) is 55.7 Å². The molecule has 0 radical (unpaired) electrons. The largest absolute Gasteiger partial charge is 0.335 e. The summed E-state index contributed by atoms with van der Waals surface area (Å²) in [4.78, 5) is 4.46. The number of nitrogens with zero attached hydrogens (tertiary/aromatic N) is 2. The Labute approximate surface area is 106 Å². The molecule has 1 aromatic heterocycles. The minimum Gasteiger partial charge on any atom is -0.335 e. The molecular formula is C14H27N3. The zero-order valence-electron chi connectivity index (χ0n) is 12.0. The van der Waals surface area contributed by atoms with Crippen molar-refractivity contribution in [1.82, 2.24) is 14.9 Å². The summed E-state index contributed by atoms with van der Waals surface area (Å²) in [6, 6.07) is 0.573. The minimum absolute atomic E-state index is 0.306. The molecule has 0 aliphatic rings. The quantitative estimate of drug-likeness (QED) is 0.790. The fourth-order valence-electron chi connectivity index (χ4n) is 2.01. The number of aromatic nitrogens is 2. The fourth-order valence-corrected chi connectivity index (χ4v) is 2.01. The molecule has 1 heterocycles. The highest BCUT2D eigenvalue weighted by atomic mass is 15.1. The minimum atomic E-state index is 0.306. The first-order valence-electron chi connectivity index (χ1n) is 6.68. The van der Waals surface area contributed by atoms with Gasteiger partial charge in [-0.2, -0.15) is 0 Å². The molecule has 0 unspecified atom stereocenters. The molecule has 0 aliphatic carbocycles. The molecule has 0 saturated carbocycles. The SMILES string of the molecule is CCn1ccnc1CC(C)(C)CCNC(C)C. The predicted octanol–water partition coefficient (Wildman–Crippen LogP) is 2.86. The van der Waals surface area contributed by atoms with Gasteiger partial charge in [0.2, 0.25) is 0 Å². The van der Waals surface area contributed by atoms with Gasteiger partial charge in [-0.25, -0.2) is 4.98 Å². The van der Waals surface area contributed by atoms with Crippen molar-refractivity contribution < 1.29 is 0 Å². The van der Waals surface area contributed by atoms with Gasteiger partial charge in [0, 0.05) is 31.4 Å². The van der Waals surface area contributed by atoms with Crippen molar-refractivity contribution in [3.05, 3.63) is 18.2 Å². The molecule has 3 heteroatoms. The zero-order valence-corrected chi connectivity index (χ0v) is 12.0. The Bertz CT molecular complexity index is 326. The van der Waals surface area contributed by atoms with E-state index in [1.54, 1.807) is 0 Å². The molecule has 1 N–H and O–H groups in total. The molecule has 0 aromatic carbocycles. The molecule has 0 spiro atoms. The standard InChI is InChI=1S/C14H27N3/c1-6-17-10-9-16-13(17)11-14(4,5)7-8-15-12(2)3/h9-10,12,15H,6-8,11H2,1-5H3. The van der Waals surface area contributed by atoms with Gasteiger partial charge in [-0.1, -0.05) is 27.7 Å². The summed E-state index contributed by atoms with van der Waals surface area (Å²) in [6.45, 7) is 13.3. The summed E-state index contributed by atoms with van der Waals surface area (Å²) in [6.07, 6.45) is 6.20. The van der Waals surface area contributed by atoms with Crippen LogP contribution < -0.4 is 5.32 Å². The third kappa shape index (κ3) is 4.90. The van der Waals surface area contributed by atoms with E-state index in [9.17, 15) is 0 Å². The van der Waals surface area contributed by atoms with Crippen LogP contribution in [0.2, 0.25) is 0 Å². The van der Waals surface area contributed by atoms with Gasteiger partial charge in [-0.05, 0) is 25.3 Å². The van der Waals surface area contributed by atoms with Crippen molar-refractivity contribution in [3.8, 4) is 0 Å². The second kappa shape index (κ2) is 6.20. The maximum Gasteiger partial charge on any atom is 0.109 e. The van der Waals surface area contributed by atoms with Crippen molar-refractivity contribution in [1.29, 1.82) is 0 Å². The molecule has 98 valence electrons. The second-order valence-electron chi connectivity index (χ2n) is 5.83. The second-order valence-corrected chi connectivity index (χ2v) is 5.83. The lowest BCUT2D eigenvalue weighted by molar-refractivity contribution is 0.310. The van der Waals surface area contributed by atoms with Gasteiger partial charge in [-0.15, -0.1) is 0 Å². The molecule has 0 atom stereocenters. The van der Waals surface area contributed by atoms with Crippen LogP contribution in [0, 0.1) is 5.41 Å². The summed E-state index contributed by atoms with van der Waals surface area (Å²) in [5.41, 5.74) is 0.306. The summed E-state index contributed by atoms with van der Waals surface area (Å²) < 4.78 is 2.23. The van der Waals surface area contributed by atoms with Gasteiger partial charge >= 0.3 is 0 Å². The Morgan fingerprint density at radius 2 is 2.12 bits per heavy atom.